The number of nitrogens with zero attached hydrogens (tertiary/aromatic N) is 1. The lowest BCUT2D eigenvalue weighted by Gasteiger charge is -2.37. The number of nitrogens with one attached hydrogen (secondary N) is 1. The van der Waals surface area contributed by atoms with Crippen molar-refractivity contribution in [1.29, 1.82) is 0 Å². The number of amides is 1. The highest BCUT2D eigenvalue weighted by Gasteiger charge is 2.33. The molecule has 1 N–H and O–H groups in total. The van der Waals surface area contributed by atoms with Gasteiger partial charge in [-0.15, -0.1) is 0 Å². The Morgan fingerprint density at radius 1 is 1.35 bits per heavy atom. The van der Waals surface area contributed by atoms with Gasteiger partial charge in [-0.05, 0) is 44.4 Å². The fourth-order valence-corrected chi connectivity index (χ4v) is 4.73. The highest BCUT2D eigenvalue weighted by Crippen LogP contribution is 2.17. The van der Waals surface area contributed by atoms with Crippen LogP contribution in [0.3, 0.4) is 0 Å². The minimum absolute atomic E-state index is 0.118. The SMILES string of the molecule is CSCC[C@@H](NS(=O)(=O)c1ccccc1F)C(=O)N1C[C@@H](C)O[C@@H](C)C1. The Bertz CT molecular complexity index is 719. The molecular weight excluding hydrogens is 379 g/mol. The van der Waals surface area contributed by atoms with Crippen LogP contribution >= 0.6 is 11.8 Å². The molecule has 9 heteroatoms. The molecule has 1 saturated heterocycles. The predicted octanol–water partition coefficient (Wildman–Crippen LogP) is 1.86. The van der Waals surface area contributed by atoms with Crippen molar-refractivity contribution in [2.45, 2.75) is 43.4 Å². The molecule has 0 saturated carbocycles. The summed E-state index contributed by atoms with van der Waals surface area (Å²) in [7, 11) is -4.14. The number of hydrogen-bond donors (Lipinski definition) is 1. The molecule has 1 fully saturated rings. The number of rotatable bonds is 7. The molecule has 1 amide bonds. The van der Waals surface area contributed by atoms with Crippen LogP contribution in [0.1, 0.15) is 20.3 Å². The first-order valence-electron chi connectivity index (χ1n) is 8.44. The fraction of sp³-hybridized carbons (Fsp3) is 0.588. The molecule has 0 radical (unpaired) electrons. The molecule has 0 spiro atoms. The Hall–Kier alpha value is -1.16. The van der Waals surface area contributed by atoms with E-state index in [1.807, 2.05) is 20.1 Å². The number of ether oxygens (including phenoxy) is 1. The lowest BCUT2D eigenvalue weighted by Crippen LogP contribution is -2.55. The minimum atomic E-state index is -4.14. The largest absolute Gasteiger partial charge is 0.372 e. The first kappa shape index (κ1) is 21.1. The average Bonchev–Trinajstić information content (AvgIpc) is 2.57. The summed E-state index contributed by atoms with van der Waals surface area (Å²) in [4.78, 5) is 14.1. The molecule has 1 heterocycles. The van der Waals surface area contributed by atoms with Gasteiger partial charge in [-0.2, -0.15) is 16.5 Å². The first-order chi connectivity index (χ1) is 12.2. The van der Waals surface area contributed by atoms with Crippen LogP contribution in [-0.4, -0.2) is 62.6 Å². The van der Waals surface area contributed by atoms with Gasteiger partial charge in [-0.25, -0.2) is 12.8 Å². The number of sulfonamides is 1. The van der Waals surface area contributed by atoms with Gasteiger partial charge in [0.25, 0.3) is 0 Å². The van der Waals surface area contributed by atoms with Gasteiger partial charge < -0.3 is 9.64 Å². The summed E-state index contributed by atoms with van der Waals surface area (Å²) in [6.07, 6.45) is 1.97. The van der Waals surface area contributed by atoms with Crippen molar-refractivity contribution >= 4 is 27.7 Å². The predicted molar refractivity (Wildman–Crippen MR) is 100 cm³/mol. The number of halogens is 1. The van der Waals surface area contributed by atoms with E-state index in [0.29, 0.717) is 25.3 Å². The van der Waals surface area contributed by atoms with E-state index >= 15 is 0 Å². The van der Waals surface area contributed by atoms with E-state index in [0.717, 1.165) is 6.07 Å². The average molecular weight is 405 g/mol. The fourth-order valence-electron chi connectivity index (χ4n) is 2.96. The number of thioether (sulfide) groups is 1. The van der Waals surface area contributed by atoms with Crippen molar-refractivity contribution in [3.8, 4) is 0 Å². The zero-order valence-corrected chi connectivity index (χ0v) is 16.8. The first-order valence-corrected chi connectivity index (χ1v) is 11.3. The van der Waals surface area contributed by atoms with Gasteiger partial charge in [-0.3, -0.25) is 4.79 Å². The second kappa shape index (κ2) is 9.16. The third kappa shape index (κ3) is 5.42. The van der Waals surface area contributed by atoms with Gasteiger partial charge in [0.1, 0.15) is 16.8 Å². The summed E-state index contributed by atoms with van der Waals surface area (Å²) in [5.41, 5.74) is 0. The molecule has 1 aromatic rings. The van der Waals surface area contributed by atoms with Crippen LogP contribution in [0.25, 0.3) is 0 Å². The highest BCUT2D eigenvalue weighted by atomic mass is 32.2. The van der Waals surface area contributed by atoms with Crippen molar-refractivity contribution in [3.63, 3.8) is 0 Å². The van der Waals surface area contributed by atoms with Gasteiger partial charge in [-0.1, -0.05) is 12.1 Å². The molecule has 1 aliphatic rings. The van der Waals surface area contributed by atoms with Gasteiger partial charge in [0.15, 0.2) is 0 Å². The molecule has 146 valence electrons. The van der Waals surface area contributed by atoms with E-state index in [2.05, 4.69) is 4.72 Å². The minimum Gasteiger partial charge on any atom is -0.372 e. The molecule has 0 unspecified atom stereocenters. The lowest BCUT2D eigenvalue weighted by atomic mass is 10.1. The Kier molecular flexibility index (Phi) is 7.45. The summed E-state index contributed by atoms with van der Waals surface area (Å²) in [6.45, 7) is 4.55. The summed E-state index contributed by atoms with van der Waals surface area (Å²) >= 11 is 1.52. The van der Waals surface area contributed by atoms with Gasteiger partial charge in [0.2, 0.25) is 15.9 Å². The summed E-state index contributed by atoms with van der Waals surface area (Å²) < 4.78 is 47.1. The van der Waals surface area contributed by atoms with Gasteiger partial charge >= 0.3 is 0 Å². The Balaban J connectivity index is 2.21. The molecule has 6 nitrogen and oxygen atoms in total. The van der Waals surface area contributed by atoms with E-state index in [1.54, 1.807) is 4.90 Å². The second-order valence-corrected chi connectivity index (χ2v) is 9.05. The van der Waals surface area contributed by atoms with Crippen molar-refractivity contribution in [2.75, 3.05) is 25.1 Å². The molecule has 2 rings (SSSR count). The molecule has 1 aromatic carbocycles. The maximum absolute atomic E-state index is 13.9. The second-order valence-electron chi connectivity index (χ2n) is 6.39. The van der Waals surface area contributed by atoms with Crippen LogP contribution in [0.15, 0.2) is 29.2 Å². The zero-order chi connectivity index (χ0) is 19.3. The third-order valence-electron chi connectivity index (χ3n) is 4.06. The monoisotopic (exact) mass is 404 g/mol. The summed E-state index contributed by atoms with van der Waals surface area (Å²) in [5, 5.41) is 0. The van der Waals surface area contributed by atoms with Gasteiger partial charge in [0.05, 0.1) is 12.2 Å². The van der Waals surface area contributed by atoms with E-state index in [1.165, 1.54) is 30.0 Å². The molecule has 0 bridgehead atoms. The quantitative estimate of drug-likeness (QED) is 0.751. The topological polar surface area (TPSA) is 75.7 Å². The maximum atomic E-state index is 13.9. The summed E-state index contributed by atoms with van der Waals surface area (Å²) in [5.74, 6) is -0.545. The number of morpholine rings is 1. The van der Waals surface area contributed by atoms with E-state index < -0.39 is 26.8 Å². The molecule has 0 aromatic heterocycles. The van der Waals surface area contributed by atoms with Crippen LogP contribution in [-0.2, 0) is 19.6 Å². The number of benzene rings is 1. The Morgan fingerprint density at radius 3 is 2.54 bits per heavy atom. The smallest absolute Gasteiger partial charge is 0.244 e. The molecular formula is C17H25FN2O4S2. The third-order valence-corrected chi connectivity index (χ3v) is 6.21. The normalized spacial score (nSPS) is 22.2. The van der Waals surface area contributed by atoms with Crippen molar-refractivity contribution in [2.24, 2.45) is 0 Å². The molecule has 3 atom stereocenters. The van der Waals surface area contributed by atoms with Crippen LogP contribution in [0.2, 0.25) is 0 Å². The summed E-state index contributed by atoms with van der Waals surface area (Å²) in [6, 6.07) is 4.19. The van der Waals surface area contributed by atoms with Gasteiger partial charge in [0, 0.05) is 13.1 Å². The molecule has 1 aliphatic heterocycles. The van der Waals surface area contributed by atoms with E-state index in [4.69, 9.17) is 4.74 Å². The highest BCUT2D eigenvalue weighted by molar-refractivity contribution is 7.98. The molecule has 0 aliphatic carbocycles. The van der Waals surface area contributed by atoms with Crippen LogP contribution < -0.4 is 4.72 Å². The zero-order valence-electron chi connectivity index (χ0n) is 15.1. The maximum Gasteiger partial charge on any atom is 0.244 e. The van der Waals surface area contributed by atoms with Crippen molar-refractivity contribution < 1.29 is 22.3 Å². The van der Waals surface area contributed by atoms with E-state index in [9.17, 15) is 17.6 Å². The van der Waals surface area contributed by atoms with Crippen molar-refractivity contribution in [1.82, 2.24) is 9.62 Å². The van der Waals surface area contributed by atoms with Crippen molar-refractivity contribution in [3.05, 3.63) is 30.1 Å². The number of carbonyl (C=O) groups excluding carboxylic acids is 1. The van der Waals surface area contributed by atoms with Crippen LogP contribution in [0.4, 0.5) is 4.39 Å². The van der Waals surface area contributed by atoms with Crippen LogP contribution in [0.5, 0.6) is 0 Å². The Labute approximate surface area is 158 Å². The molecule has 26 heavy (non-hydrogen) atoms. The standard InChI is InChI=1S/C17H25FN2O4S2/c1-12-10-20(11-13(2)24-12)17(21)15(8-9-25-3)19-26(22,23)16-7-5-4-6-14(16)18/h4-7,12-13,15,19H,8-11H2,1-3H3/t12-,13+,15-/m1/s1. The number of hydrogen-bond acceptors (Lipinski definition) is 5. The van der Waals surface area contributed by atoms with E-state index in [-0.39, 0.29) is 18.1 Å². The lowest BCUT2D eigenvalue weighted by molar-refractivity contribution is -0.145. The number of carbonyl (C=O) groups is 1. The Morgan fingerprint density at radius 2 is 1.96 bits per heavy atom. The van der Waals surface area contributed by atoms with Crippen LogP contribution in [0, 0.1) is 5.82 Å².